The Kier molecular flexibility index (Phi) is 8.98. The number of amides is 2. The molecule has 2 aliphatic heterocycles. The number of rotatable bonds is 10. The van der Waals surface area contributed by atoms with E-state index in [0.717, 1.165) is 22.6 Å². The molecule has 0 radical (unpaired) electrons. The third kappa shape index (κ3) is 5.73. The zero-order valence-corrected chi connectivity index (χ0v) is 28.5. The Balaban J connectivity index is 1.30. The Morgan fingerprint density at radius 3 is 2.26 bits per heavy atom. The Morgan fingerprint density at radius 2 is 1.60 bits per heavy atom. The van der Waals surface area contributed by atoms with E-state index in [9.17, 15) is 14.7 Å². The predicted octanol–water partition coefficient (Wildman–Crippen LogP) is 6.10. The number of methoxy groups -OCH3 is 2. The summed E-state index contributed by atoms with van der Waals surface area (Å²) in [6.07, 6.45) is 0.168. The van der Waals surface area contributed by atoms with Crippen molar-refractivity contribution in [3.63, 3.8) is 0 Å². The van der Waals surface area contributed by atoms with Gasteiger partial charge in [0, 0.05) is 29.3 Å². The van der Waals surface area contributed by atoms with E-state index in [0.29, 0.717) is 30.0 Å². The highest BCUT2D eigenvalue weighted by Crippen LogP contribution is 2.60. The second kappa shape index (κ2) is 13.0. The third-order valence-electron chi connectivity index (χ3n) is 10.0. The lowest BCUT2D eigenvalue weighted by atomic mass is 9.82. The molecule has 0 bridgehead atoms. The lowest BCUT2D eigenvalue weighted by Gasteiger charge is -2.37. The minimum Gasteiger partial charge on any atom is -0.497 e. The van der Waals surface area contributed by atoms with Crippen molar-refractivity contribution < 1.29 is 28.9 Å². The fraction of sp³-hybridized carbons (Fsp3) is 0.316. The molecule has 0 unspecified atom stereocenters. The topological polar surface area (TPSA) is 97.3 Å². The molecule has 244 valence electrons. The number of carbonyl (C=O) groups is 2. The second-order valence-electron chi connectivity index (χ2n) is 13.0. The van der Waals surface area contributed by atoms with Crippen molar-refractivity contribution in [2.75, 3.05) is 31.0 Å². The van der Waals surface area contributed by atoms with E-state index >= 15 is 0 Å². The molecule has 2 N–H and O–H groups in total. The van der Waals surface area contributed by atoms with E-state index in [-0.39, 0.29) is 36.0 Å². The van der Waals surface area contributed by atoms with Crippen LogP contribution in [0, 0.1) is 5.92 Å². The summed E-state index contributed by atoms with van der Waals surface area (Å²) in [5.74, 6) is 1.01. The highest BCUT2D eigenvalue weighted by molar-refractivity contribution is 6.91. The first-order valence-corrected chi connectivity index (χ1v) is 19.1. The zero-order valence-electron chi connectivity index (χ0n) is 27.5. The van der Waals surface area contributed by atoms with Crippen molar-refractivity contribution in [3.8, 4) is 11.5 Å². The number of hydrogen-bond donors (Lipinski definition) is 2. The summed E-state index contributed by atoms with van der Waals surface area (Å²) >= 11 is 0. The summed E-state index contributed by atoms with van der Waals surface area (Å²) in [6.45, 7) is 7.10. The van der Waals surface area contributed by atoms with Crippen LogP contribution in [0.3, 0.4) is 0 Å². The summed E-state index contributed by atoms with van der Waals surface area (Å²) in [5.41, 5.74) is 2.62. The summed E-state index contributed by atoms with van der Waals surface area (Å²) in [4.78, 5) is 29.6. The third-order valence-corrected chi connectivity index (χ3v) is 14.4. The molecular weight excluding hydrogens is 609 g/mol. The number of nitrogens with one attached hydrogen (secondary N) is 1. The molecule has 2 heterocycles. The Hall–Kier alpha value is -4.44. The molecule has 9 heteroatoms. The number of hydrogen-bond acceptors (Lipinski definition) is 6. The van der Waals surface area contributed by atoms with Crippen LogP contribution in [0.4, 0.5) is 11.4 Å². The number of fused-ring (bicyclic) bond motifs is 2. The van der Waals surface area contributed by atoms with E-state index in [1.807, 2.05) is 65.6 Å². The number of carbonyl (C=O) groups excluding carboxylic acids is 2. The number of benzene rings is 4. The largest absolute Gasteiger partial charge is 0.497 e. The van der Waals surface area contributed by atoms with Crippen LogP contribution in [0.5, 0.6) is 11.5 Å². The molecule has 1 fully saturated rings. The maximum atomic E-state index is 14.8. The summed E-state index contributed by atoms with van der Waals surface area (Å²) in [7, 11) is 0.995. The number of anilines is 2. The molecule has 4 aromatic carbocycles. The molecule has 0 aliphatic carbocycles. The van der Waals surface area contributed by atoms with Crippen LogP contribution < -0.4 is 24.9 Å². The van der Waals surface area contributed by atoms with Crippen LogP contribution in [-0.2, 0) is 21.7 Å². The molecule has 4 aromatic rings. The molecule has 8 nitrogen and oxygen atoms in total. The average Bonchev–Trinajstić information content (AvgIpc) is 3.51. The molecule has 2 aliphatic rings. The maximum absolute atomic E-state index is 14.8. The fourth-order valence-electron chi connectivity index (χ4n) is 7.70. The Morgan fingerprint density at radius 1 is 0.936 bits per heavy atom. The van der Waals surface area contributed by atoms with Gasteiger partial charge >= 0.3 is 0 Å². The van der Waals surface area contributed by atoms with E-state index in [2.05, 4.69) is 37.5 Å². The molecule has 0 aromatic heterocycles. The van der Waals surface area contributed by atoms with Gasteiger partial charge < -0.3 is 29.5 Å². The first-order chi connectivity index (χ1) is 22.6. The van der Waals surface area contributed by atoms with Gasteiger partial charge in [0.1, 0.15) is 11.5 Å². The van der Waals surface area contributed by atoms with Crippen molar-refractivity contribution in [3.05, 3.63) is 114 Å². The van der Waals surface area contributed by atoms with Crippen LogP contribution in [0.1, 0.15) is 34.8 Å². The summed E-state index contributed by atoms with van der Waals surface area (Å²) in [6, 6.07) is 30.7. The van der Waals surface area contributed by atoms with Gasteiger partial charge in [0.25, 0.3) is 11.8 Å². The van der Waals surface area contributed by atoms with Crippen LogP contribution in [0.15, 0.2) is 97.1 Å². The van der Waals surface area contributed by atoms with Gasteiger partial charge in [-0.05, 0) is 72.1 Å². The highest BCUT2D eigenvalue weighted by Gasteiger charge is 2.66. The monoisotopic (exact) mass is 650 g/mol. The van der Waals surface area contributed by atoms with Crippen molar-refractivity contribution in [1.29, 1.82) is 0 Å². The van der Waals surface area contributed by atoms with Gasteiger partial charge in [-0.2, -0.15) is 0 Å². The smallest absolute Gasteiger partial charge is 0.264 e. The van der Waals surface area contributed by atoms with Gasteiger partial charge in [0.05, 0.1) is 40.6 Å². The quantitative estimate of drug-likeness (QED) is 0.201. The lowest BCUT2D eigenvalue weighted by molar-refractivity contribution is -0.146. The van der Waals surface area contributed by atoms with E-state index in [1.54, 1.807) is 38.5 Å². The molecule has 4 atom stereocenters. The number of aliphatic hydroxyl groups excluding tert-OH is 1. The van der Waals surface area contributed by atoms with E-state index < -0.39 is 13.7 Å². The van der Waals surface area contributed by atoms with E-state index in [1.165, 1.54) is 5.19 Å². The van der Waals surface area contributed by atoms with Crippen molar-refractivity contribution in [1.82, 2.24) is 0 Å². The predicted molar refractivity (Wildman–Crippen MR) is 186 cm³/mol. The Labute approximate surface area is 277 Å². The zero-order chi connectivity index (χ0) is 33.3. The molecular formula is C38H42N2O6Si. The molecule has 1 saturated heterocycles. The van der Waals surface area contributed by atoms with Crippen LogP contribution >= 0.6 is 0 Å². The van der Waals surface area contributed by atoms with Crippen LogP contribution in [-0.4, -0.2) is 51.9 Å². The van der Waals surface area contributed by atoms with Gasteiger partial charge in [0.15, 0.2) is 5.60 Å². The molecule has 2 amide bonds. The number of nitrogens with zero attached hydrogens (tertiary/aromatic N) is 1. The van der Waals surface area contributed by atoms with E-state index in [4.69, 9.17) is 14.2 Å². The van der Waals surface area contributed by atoms with Crippen LogP contribution in [0.2, 0.25) is 18.6 Å². The standard InChI is InChI=1S/C38H42N2O6Si/c1-25-35(47(4,5)31-19-17-30(45-3)18-20-31)34(21-22-41)46-38(25)32-11-6-7-12-33(32)40(37(38)43)24-26-9-8-10-28(23-26)39-36(42)27-13-15-29(44-2)16-14-27/h6-20,23,25,34-35,41H,21-22,24H2,1-5H3,(H,39,42)/t25-,34+,35-,38+/m0/s1. The van der Waals surface area contributed by atoms with Gasteiger partial charge in [-0.15, -0.1) is 0 Å². The van der Waals surface area contributed by atoms with Crippen molar-refractivity contribution in [2.45, 2.75) is 50.2 Å². The lowest BCUT2D eigenvalue weighted by Crippen LogP contribution is -2.51. The van der Waals surface area contributed by atoms with Crippen LogP contribution in [0.25, 0.3) is 0 Å². The molecule has 47 heavy (non-hydrogen) atoms. The minimum absolute atomic E-state index is 0.0222. The fourth-order valence-corrected chi connectivity index (χ4v) is 11.8. The maximum Gasteiger partial charge on any atom is 0.264 e. The van der Waals surface area contributed by atoms with Gasteiger partial charge in [-0.1, -0.05) is 67.7 Å². The van der Waals surface area contributed by atoms with Crippen molar-refractivity contribution in [2.24, 2.45) is 5.92 Å². The summed E-state index contributed by atoms with van der Waals surface area (Å²) in [5, 5.41) is 14.4. The number of aliphatic hydroxyl groups is 1. The van der Waals surface area contributed by atoms with Crippen molar-refractivity contribution >= 4 is 36.4 Å². The molecule has 1 spiro atoms. The van der Waals surface area contributed by atoms with Gasteiger partial charge in [-0.3, -0.25) is 9.59 Å². The Bertz CT molecular complexity index is 1760. The molecule has 0 saturated carbocycles. The number of ether oxygens (including phenoxy) is 3. The van der Waals surface area contributed by atoms with Gasteiger partial charge in [-0.25, -0.2) is 0 Å². The SMILES string of the molecule is COc1ccc(C(=O)Nc2cccc(CN3C(=O)[C@]4(O[C@H](CCO)[C@@H]([Si](C)(C)c5ccc(OC)cc5)[C@@H]4C)c4ccccc43)c2)cc1. The minimum atomic E-state index is -2.25. The average molecular weight is 651 g/mol. The number of para-hydroxylation sites is 1. The molecule has 6 rings (SSSR count). The first kappa shape index (κ1) is 32.5. The first-order valence-electron chi connectivity index (χ1n) is 16.0. The second-order valence-corrected chi connectivity index (χ2v) is 17.6. The highest BCUT2D eigenvalue weighted by atomic mass is 28.3. The normalized spacial score (nSPS) is 22.0. The van der Waals surface area contributed by atoms with Gasteiger partial charge in [0.2, 0.25) is 0 Å². The summed E-state index contributed by atoms with van der Waals surface area (Å²) < 4.78 is 17.6.